The van der Waals surface area contributed by atoms with Gasteiger partial charge in [0.05, 0.1) is 18.7 Å². The van der Waals surface area contributed by atoms with Gasteiger partial charge in [0.2, 0.25) is 5.91 Å². The Morgan fingerprint density at radius 2 is 2.00 bits per heavy atom. The highest BCUT2D eigenvalue weighted by Gasteiger charge is 2.37. The number of hydrogen-bond acceptors (Lipinski definition) is 2. The Bertz CT molecular complexity index is 497. The number of benzene rings is 1. The van der Waals surface area contributed by atoms with Crippen molar-refractivity contribution in [2.45, 2.75) is 32.1 Å². The zero-order valence-corrected chi connectivity index (χ0v) is 13.2. The van der Waals surface area contributed by atoms with Crippen LogP contribution in [0.4, 0.5) is 5.69 Å². The van der Waals surface area contributed by atoms with Crippen molar-refractivity contribution in [2.75, 3.05) is 23.4 Å². The summed E-state index contributed by atoms with van der Waals surface area (Å²) in [5.74, 6) is 1.02. The third-order valence-electron chi connectivity index (χ3n) is 4.47. The summed E-state index contributed by atoms with van der Waals surface area (Å²) >= 11 is 3.67. The lowest BCUT2D eigenvalue weighted by molar-refractivity contribution is -0.119. The smallest absolute Gasteiger partial charge is 0.230 e. The predicted octanol–water partition coefficient (Wildman–Crippen LogP) is 3.76. The number of hydrogen-bond donors (Lipinski definition) is 0. The van der Waals surface area contributed by atoms with Crippen LogP contribution in [-0.4, -0.2) is 24.4 Å². The van der Waals surface area contributed by atoms with Gasteiger partial charge in [-0.1, -0.05) is 40.9 Å². The van der Waals surface area contributed by atoms with Crippen molar-refractivity contribution in [3.63, 3.8) is 0 Å². The molecule has 3 nitrogen and oxygen atoms in total. The quantitative estimate of drug-likeness (QED) is 0.786. The number of para-hydroxylation sites is 2. The SMILES string of the molecule is O=C1CCOc2ccccc2N1CC1(CBr)CCCC1. The van der Waals surface area contributed by atoms with Gasteiger partial charge in [-0.25, -0.2) is 0 Å². The third kappa shape index (κ3) is 2.58. The largest absolute Gasteiger partial charge is 0.491 e. The summed E-state index contributed by atoms with van der Waals surface area (Å²) in [5.41, 5.74) is 1.16. The number of carbonyl (C=O) groups is 1. The van der Waals surface area contributed by atoms with Gasteiger partial charge in [0.1, 0.15) is 5.75 Å². The molecule has 1 saturated carbocycles. The van der Waals surface area contributed by atoms with E-state index in [1.54, 1.807) is 0 Å². The minimum Gasteiger partial charge on any atom is -0.491 e. The average Bonchev–Trinajstić information content (AvgIpc) is 2.88. The minimum absolute atomic E-state index is 0.183. The Kier molecular flexibility index (Phi) is 4.01. The lowest BCUT2D eigenvalue weighted by atomic mass is 9.88. The second-order valence-corrected chi connectivity index (χ2v) is 6.45. The summed E-state index contributed by atoms with van der Waals surface area (Å²) in [6.45, 7) is 1.28. The molecule has 0 unspecified atom stereocenters. The second kappa shape index (κ2) is 5.76. The number of alkyl halides is 1. The molecule has 0 radical (unpaired) electrons. The van der Waals surface area contributed by atoms with Gasteiger partial charge in [0.15, 0.2) is 0 Å². The molecule has 1 aromatic carbocycles. The van der Waals surface area contributed by atoms with Gasteiger partial charge in [-0.05, 0) is 30.4 Å². The number of amides is 1. The Morgan fingerprint density at radius 3 is 2.75 bits per heavy atom. The van der Waals surface area contributed by atoms with Crippen molar-refractivity contribution in [1.29, 1.82) is 0 Å². The summed E-state index contributed by atoms with van der Waals surface area (Å²) in [7, 11) is 0. The average molecular weight is 338 g/mol. The van der Waals surface area contributed by atoms with Crippen LogP contribution in [0, 0.1) is 5.41 Å². The van der Waals surface area contributed by atoms with Crippen molar-refractivity contribution >= 4 is 27.5 Å². The van der Waals surface area contributed by atoms with Gasteiger partial charge in [-0.15, -0.1) is 0 Å². The molecule has 20 heavy (non-hydrogen) atoms. The van der Waals surface area contributed by atoms with E-state index in [-0.39, 0.29) is 11.3 Å². The Hall–Kier alpha value is -1.03. The molecule has 1 fully saturated rings. The molecule has 108 valence electrons. The van der Waals surface area contributed by atoms with Crippen molar-refractivity contribution in [3.05, 3.63) is 24.3 Å². The Morgan fingerprint density at radius 1 is 1.25 bits per heavy atom. The predicted molar refractivity (Wildman–Crippen MR) is 83.6 cm³/mol. The first-order valence-corrected chi connectivity index (χ1v) is 8.44. The van der Waals surface area contributed by atoms with Crippen LogP contribution in [0.5, 0.6) is 5.75 Å². The van der Waals surface area contributed by atoms with E-state index >= 15 is 0 Å². The summed E-state index contributed by atoms with van der Waals surface area (Å²) < 4.78 is 5.71. The molecule has 0 saturated heterocycles. The Labute approximate surface area is 128 Å². The molecule has 0 atom stereocenters. The van der Waals surface area contributed by atoms with Crippen LogP contribution in [0.1, 0.15) is 32.1 Å². The number of nitrogens with zero attached hydrogens (tertiary/aromatic N) is 1. The minimum atomic E-state index is 0.183. The first kappa shape index (κ1) is 13.9. The molecular weight excluding hydrogens is 318 g/mol. The molecule has 0 bridgehead atoms. The number of ether oxygens (including phenoxy) is 1. The maximum absolute atomic E-state index is 12.5. The number of anilines is 1. The summed E-state index contributed by atoms with van der Waals surface area (Å²) in [4.78, 5) is 14.4. The van der Waals surface area contributed by atoms with E-state index in [4.69, 9.17) is 4.74 Å². The van der Waals surface area contributed by atoms with E-state index in [1.807, 2.05) is 29.2 Å². The first-order chi connectivity index (χ1) is 9.74. The summed E-state index contributed by atoms with van der Waals surface area (Å²) in [6, 6.07) is 7.89. The number of carbonyl (C=O) groups excluding carboxylic acids is 1. The summed E-state index contributed by atoms with van der Waals surface area (Å²) in [6.07, 6.45) is 5.40. The van der Waals surface area contributed by atoms with Gasteiger partial charge in [-0.3, -0.25) is 4.79 Å². The molecule has 2 aliphatic rings. The van der Waals surface area contributed by atoms with Crippen molar-refractivity contribution in [2.24, 2.45) is 5.41 Å². The van der Waals surface area contributed by atoms with Crippen LogP contribution >= 0.6 is 15.9 Å². The topological polar surface area (TPSA) is 29.5 Å². The van der Waals surface area contributed by atoms with Crippen molar-refractivity contribution in [3.8, 4) is 5.75 Å². The van der Waals surface area contributed by atoms with Gasteiger partial charge in [-0.2, -0.15) is 0 Å². The molecular formula is C16H20BrNO2. The fourth-order valence-corrected chi connectivity index (χ4v) is 4.03. The van der Waals surface area contributed by atoms with Gasteiger partial charge >= 0.3 is 0 Å². The standard InChI is InChI=1S/C16H20BrNO2/c17-11-16(8-3-4-9-16)12-18-13-5-1-2-6-14(13)20-10-7-15(18)19/h1-2,5-6H,3-4,7-12H2. The van der Waals surface area contributed by atoms with E-state index in [1.165, 1.54) is 25.7 Å². The van der Waals surface area contributed by atoms with E-state index < -0.39 is 0 Å². The molecule has 1 aromatic rings. The molecule has 0 aromatic heterocycles. The molecule has 3 rings (SSSR count). The van der Waals surface area contributed by atoms with Crippen LogP contribution in [-0.2, 0) is 4.79 Å². The van der Waals surface area contributed by atoms with Crippen LogP contribution in [0.3, 0.4) is 0 Å². The second-order valence-electron chi connectivity index (χ2n) is 5.89. The maximum atomic E-state index is 12.5. The fourth-order valence-electron chi connectivity index (χ4n) is 3.29. The van der Waals surface area contributed by atoms with E-state index in [0.29, 0.717) is 13.0 Å². The highest BCUT2D eigenvalue weighted by atomic mass is 79.9. The third-order valence-corrected chi connectivity index (χ3v) is 5.66. The molecule has 1 aliphatic heterocycles. The van der Waals surface area contributed by atoms with E-state index in [2.05, 4.69) is 15.9 Å². The number of rotatable bonds is 3. The highest BCUT2D eigenvalue weighted by Crippen LogP contribution is 2.42. The zero-order valence-electron chi connectivity index (χ0n) is 11.6. The van der Waals surface area contributed by atoms with Gasteiger partial charge < -0.3 is 9.64 Å². The maximum Gasteiger partial charge on any atom is 0.230 e. The molecule has 1 amide bonds. The number of fused-ring (bicyclic) bond motifs is 1. The van der Waals surface area contributed by atoms with Crippen LogP contribution in [0.25, 0.3) is 0 Å². The molecule has 1 aliphatic carbocycles. The lowest BCUT2D eigenvalue weighted by Crippen LogP contribution is -2.41. The fraction of sp³-hybridized carbons (Fsp3) is 0.562. The van der Waals surface area contributed by atoms with Crippen LogP contribution < -0.4 is 9.64 Å². The highest BCUT2D eigenvalue weighted by molar-refractivity contribution is 9.09. The lowest BCUT2D eigenvalue weighted by Gasteiger charge is -2.33. The first-order valence-electron chi connectivity index (χ1n) is 7.32. The number of halogens is 1. The van der Waals surface area contributed by atoms with Gasteiger partial charge in [0.25, 0.3) is 0 Å². The van der Waals surface area contributed by atoms with E-state index in [0.717, 1.165) is 23.3 Å². The molecule has 0 spiro atoms. The molecule has 0 N–H and O–H groups in total. The normalized spacial score (nSPS) is 21.2. The van der Waals surface area contributed by atoms with Gasteiger partial charge in [0, 0.05) is 11.9 Å². The summed E-state index contributed by atoms with van der Waals surface area (Å²) in [5, 5.41) is 0.965. The van der Waals surface area contributed by atoms with Crippen LogP contribution in [0.15, 0.2) is 24.3 Å². The van der Waals surface area contributed by atoms with Crippen molar-refractivity contribution < 1.29 is 9.53 Å². The van der Waals surface area contributed by atoms with Crippen molar-refractivity contribution in [1.82, 2.24) is 0 Å². The molecule has 1 heterocycles. The Balaban J connectivity index is 1.92. The van der Waals surface area contributed by atoms with Crippen LogP contribution in [0.2, 0.25) is 0 Å². The zero-order chi connectivity index (χ0) is 14.0. The van der Waals surface area contributed by atoms with E-state index in [9.17, 15) is 4.79 Å². The monoisotopic (exact) mass is 337 g/mol. The molecule has 4 heteroatoms.